The summed E-state index contributed by atoms with van der Waals surface area (Å²) in [5.41, 5.74) is 15.4. The van der Waals surface area contributed by atoms with Crippen molar-refractivity contribution in [2.24, 2.45) is 0 Å². The summed E-state index contributed by atoms with van der Waals surface area (Å²) >= 11 is 0. The number of benzene rings is 8. The molecule has 8 aromatic carbocycles. The van der Waals surface area contributed by atoms with Crippen LogP contribution in [0.3, 0.4) is 0 Å². The zero-order valence-electron chi connectivity index (χ0n) is 34.1. The van der Waals surface area contributed by atoms with Gasteiger partial charge in [-0.2, -0.15) is 0 Å². The molecule has 8 aromatic rings. The van der Waals surface area contributed by atoms with Gasteiger partial charge in [-0.15, -0.1) is 0 Å². The summed E-state index contributed by atoms with van der Waals surface area (Å²) in [5.74, 6) is 1.81. The number of hydrogen-bond donors (Lipinski definition) is 0. The van der Waals surface area contributed by atoms with E-state index in [-0.39, 0.29) is 17.5 Å². The number of anilines is 6. The molecular formula is C54H47BN2O. The Morgan fingerprint density at radius 2 is 1.05 bits per heavy atom. The Morgan fingerprint density at radius 3 is 1.67 bits per heavy atom. The van der Waals surface area contributed by atoms with Crippen LogP contribution in [0, 0.1) is 0 Å². The highest BCUT2D eigenvalue weighted by Gasteiger charge is 2.44. The molecule has 2 heterocycles. The molecule has 10 rings (SSSR count). The molecular weight excluding hydrogens is 703 g/mol. The fraction of sp³-hybridized carbons (Fsp3) is 0.148. The highest BCUT2D eigenvalue weighted by Crippen LogP contribution is 2.48. The van der Waals surface area contributed by atoms with Crippen LogP contribution in [-0.2, 0) is 10.8 Å². The number of nitrogens with zero attached hydrogens (tertiary/aromatic N) is 2. The lowest BCUT2D eigenvalue weighted by Gasteiger charge is -2.42. The average molecular weight is 751 g/mol. The van der Waals surface area contributed by atoms with E-state index in [0.29, 0.717) is 0 Å². The molecule has 0 N–H and O–H groups in total. The Labute approximate surface area is 343 Å². The molecule has 0 spiro atoms. The van der Waals surface area contributed by atoms with Crippen LogP contribution >= 0.6 is 0 Å². The molecule has 0 atom stereocenters. The summed E-state index contributed by atoms with van der Waals surface area (Å²) in [7, 11) is 0. The van der Waals surface area contributed by atoms with Gasteiger partial charge < -0.3 is 14.5 Å². The van der Waals surface area contributed by atoms with E-state index in [4.69, 9.17) is 4.74 Å². The second-order valence-electron chi connectivity index (χ2n) is 17.8. The summed E-state index contributed by atoms with van der Waals surface area (Å²) in [6.07, 6.45) is 0. The van der Waals surface area contributed by atoms with Gasteiger partial charge in [0, 0.05) is 33.8 Å². The van der Waals surface area contributed by atoms with Crippen LogP contribution < -0.4 is 30.9 Å². The molecule has 58 heavy (non-hydrogen) atoms. The van der Waals surface area contributed by atoms with Gasteiger partial charge >= 0.3 is 0 Å². The van der Waals surface area contributed by atoms with Crippen molar-refractivity contribution in [1.29, 1.82) is 0 Å². The van der Waals surface area contributed by atoms with Crippen molar-refractivity contribution in [1.82, 2.24) is 0 Å². The Hall–Kier alpha value is -6.52. The van der Waals surface area contributed by atoms with Gasteiger partial charge in [-0.1, -0.05) is 157 Å². The molecule has 0 radical (unpaired) electrons. The maximum Gasteiger partial charge on any atom is 0.257 e. The van der Waals surface area contributed by atoms with Crippen molar-refractivity contribution in [3.05, 3.63) is 187 Å². The topological polar surface area (TPSA) is 15.7 Å². The Morgan fingerprint density at radius 1 is 0.466 bits per heavy atom. The molecule has 0 aromatic heterocycles. The van der Waals surface area contributed by atoms with Crippen LogP contribution in [0.1, 0.15) is 52.7 Å². The SMILES string of the molecule is CC(C)(C)c1cc(N2c3cccc4c3B(c3cc(-c5ccccc5)ccc3O4)c3c2cc(N(c2ccccc2)c2ccccc2)c2ccccc32)cc(C(C)(C)C)c1. The summed E-state index contributed by atoms with van der Waals surface area (Å²) in [5, 5.41) is 2.42. The van der Waals surface area contributed by atoms with Gasteiger partial charge in [0.2, 0.25) is 0 Å². The third kappa shape index (κ3) is 5.98. The van der Waals surface area contributed by atoms with Gasteiger partial charge in [-0.3, -0.25) is 0 Å². The van der Waals surface area contributed by atoms with Crippen molar-refractivity contribution < 1.29 is 4.74 Å². The standard InChI is InChI=1S/C54H47BN2O/c1-53(2,3)38-32-39(54(4,5)6)34-42(33-38)57-46-27-18-28-50-52(46)55(45-31-37(29-30-49(45)58-50)36-19-10-7-11-20-36)51-44-26-17-16-25-43(44)47(35-48(51)57)56(40-21-12-8-13-22-40)41-23-14-9-15-24-41/h7-35H,1-6H3. The second-order valence-corrected chi connectivity index (χ2v) is 17.8. The zero-order valence-corrected chi connectivity index (χ0v) is 34.1. The fourth-order valence-electron chi connectivity index (χ4n) is 8.99. The maximum atomic E-state index is 6.93. The van der Waals surface area contributed by atoms with Gasteiger partial charge in [0.05, 0.1) is 5.69 Å². The minimum absolute atomic E-state index is 0.0604. The Bertz CT molecular complexity index is 2770. The highest BCUT2D eigenvalue weighted by atomic mass is 16.5. The third-order valence-electron chi connectivity index (χ3n) is 12.0. The molecule has 0 saturated carbocycles. The smallest absolute Gasteiger partial charge is 0.257 e. The van der Waals surface area contributed by atoms with Crippen LogP contribution in [0.5, 0.6) is 11.5 Å². The van der Waals surface area contributed by atoms with Crippen molar-refractivity contribution >= 4 is 68.0 Å². The molecule has 0 aliphatic carbocycles. The van der Waals surface area contributed by atoms with Gasteiger partial charge in [0.25, 0.3) is 6.71 Å². The van der Waals surface area contributed by atoms with Crippen LogP contribution in [0.15, 0.2) is 176 Å². The molecule has 2 aliphatic heterocycles. The zero-order chi connectivity index (χ0) is 39.8. The highest BCUT2D eigenvalue weighted by molar-refractivity contribution is 7.00. The lowest BCUT2D eigenvalue weighted by molar-refractivity contribution is 0.487. The second kappa shape index (κ2) is 13.6. The first-order valence-electron chi connectivity index (χ1n) is 20.5. The van der Waals surface area contributed by atoms with E-state index in [1.807, 2.05) is 0 Å². The predicted octanol–water partition coefficient (Wildman–Crippen LogP) is 13.0. The van der Waals surface area contributed by atoms with E-state index < -0.39 is 0 Å². The first-order chi connectivity index (χ1) is 28.0. The molecule has 2 aliphatic rings. The third-order valence-corrected chi connectivity index (χ3v) is 12.0. The number of fused-ring (bicyclic) bond motifs is 6. The summed E-state index contributed by atoms with van der Waals surface area (Å²) in [4.78, 5) is 4.96. The van der Waals surface area contributed by atoms with Gasteiger partial charge in [0.15, 0.2) is 0 Å². The van der Waals surface area contributed by atoms with E-state index in [1.165, 1.54) is 55.1 Å². The van der Waals surface area contributed by atoms with Crippen molar-refractivity contribution in [2.45, 2.75) is 52.4 Å². The van der Waals surface area contributed by atoms with E-state index in [2.05, 4.69) is 227 Å². The molecule has 0 saturated heterocycles. The van der Waals surface area contributed by atoms with E-state index >= 15 is 0 Å². The molecule has 3 nitrogen and oxygen atoms in total. The summed E-state index contributed by atoms with van der Waals surface area (Å²) < 4.78 is 6.93. The molecule has 0 fully saturated rings. The fourth-order valence-corrected chi connectivity index (χ4v) is 8.99. The number of para-hydroxylation sites is 2. The maximum absolute atomic E-state index is 6.93. The first-order valence-corrected chi connectivity index (χ1v) is 20.5. The molecule has 0 unspecified atom stereocenters. The van der Waals surface area contributed by atoms with Crippen LogP contribution in [0.4, 0.5) is 34.1 Å². The van der Waals surface area contributed by atoms with Crippen LogP contribution in [0.2, 0.25) is 0 Å². The number of ether oxygens (including phenoxy) is 1. The largest absolute Gasteiger partial charge is 0.458 e. The van der Waals surface area contributed by atoms with Crippen LogP contribution in [0.25, 0.3) is 21.9 Å². The lowest BCUT2D eigenvalue weighted by atomic mass is 9.33. The van der Waals surface area contributed by atoms with E-state index in [0.717, 1.165) is 39.9 Å². The van der Waals surface area contributed by atoms with E-state index in [9.17, 15) is 0 Å². The minimum Gasteiger partial charge on any atom is -0.458 e. The minimum atomic E-state index is -0.0707. The molecule has 282 valence electrons. The molecule has 0 bridgehead atoms. The predicted molar refractivity (Wildman–Crippen MR) is 247 cm³/mol. The average Bonchev–Trinajstić information content (AvgIpc) is 3.24. The normalized spacial score (nSPS) is 13.1. The van der Waals surface area contributed by atoms with Crippen LogP contribution in [-0.4, -0.2) is 6.71 Å². The van der Waals surface area contributed by atoms with Gasteiger partial charge in [-0.05, 0) is 116 Å². The first kappa shape index (κ1) is 35.9. The van der Waals surface area contributed by atoms with Crippen molar-refractivity contribution in [2.75, 3.05) is 9.80 Å². The monoisotopic (exact) mass is 750 g/mol. The van der Waals surface area contributed by atoms with Gasteiger partial charge in [0.1, 0.15) is 11.5 Å². The van der Waals surface area contributed by atoms with Crippen molar-refractivity contribution in [3.8, 4) is 22.6 Å². The number of rotatable bonds is 5. The number of hydrogen-bond acceptors (Lipinski definition) is 3. The van der Waals surface area contributed by atoms with Gasteiger partial charge in [-0.25, -0.2) is 0 Å². The summed E-state index contributed by atoms with van der Waals surface area (Å²) in [6.45, 7) is 13.9. The lowest BCUT2D eigenvalue weighted by Crippen LogP contribution is -2.59. The molecule has 4 heteroatoms. The quantitative estimate of drug-likeness (QED) is 0.163. The van der Waals surface area contributed by atoms with E-state index in [1.54, 1.807) is 0 Å². The Kier molecular flexibility index (Phi) is 8.39. The van der Waals surface area contributed by atoms with Crippen molar-refractivity contribution in [3.63, 3.8) is 0 Å². The molecule has 0 amide bonds. The Balaban J connectivity index is 1.34. The summed E-state index contributed by atoms with van der Waals surface area (Å²) in [6, 6.07) is 64.3.